The van der Waals surface area contributed by atoms with E-state index in [1.807, 2.05) is 0 Å². The third-order valence-electron chi connectivity index (χ3n) is 2.73. The van der Waals surface area contributed by atoms with Crippen LogP contribution >= 0.6 is 0 Å². The average Bonchev–Trinajstić information content (AvgIpc) is 2.37. The van der Waals surface area contributed by atoms with E-state index in [0.717, 1.165) is 6.07 Å². The van der Waals surface area contributed by atoms with Gasteiger partial charge < -0.3 is 9.84 Å². The van der Waals surface area contributed by atoms with Crippen LogP contribution in [0, 0.1) is 5.82 Å². The Labute approximate surface area is 112 Å². The van der Waals surface area contributed by atoms with Crippen LogP contribution in [0.4, 0.5) is 17.6 Å². The molecule has 0 heterocycles. The van der Waals surface area contributed by atoms with E-state index in [0.29, 0.717) is 11.6 Å². The van der Waals surface area contributed by atoms with Gasteiger partial charge in [0, 0.05) is 6.07 Å². The van der Waals surface area contributed by atoms with Gasteiger partial charge in [-0.3, -0.25) is 0 Å². The van der Waals surface area contributed by atoms with Gasteiger partial charge in [-0.25, -0.2) is 4.39 Å². The van der Waals surface area contributed by atoms with Gasteiger partial charge in [0.1, 0.15) is 17.3 Å². The molecule has 0 spiro atoms. The highest BCUT2D eigenvalue weighted by molar-refractivity contribution is 5.68. The predicted octanol–water partition coefficient (Wildman–Crippen LogP) is 4.23. The monoisotopic (exact) mass is 286 g/mol. The number of phenols is 1. The van der Waals surface area contributed by atoms with Crippen molar-refractivity contribution < 1.29 is 27.4 Å². The van der Waals surface area contributed by atoms with Gasteiger partial charge in [0.05, 0.1) is 12.7 Å². The number of aromatic hydroxyl groups is 1. The summed E-state index contributed by atoms with van der Waals surface area (Å²) in [5, 5.41) is 9.49. The Bertz CT molecular complexity index is 636. The number of ether oxygens (including phenoxy) is 1. The largest absolute Gasteiger partial charge is 0.508 e. The molecule has 0 saturated carbocycles. The molecule has 20 heavy (non-hydrogen) atoms. The summed E-state index contributed by atoms with van der Waals surface area (Å²) in [5.74, 6) is -1.21. The van der Waals surface area contributed by atoms with Crippen LogP contribution in [0.25, 0.3) is 11.1 Å². The number of hydrogen-bond donors (Lipinski definition) is 1. The first-order chi connectivity index (χ1) is 9.31. The molecular formula is C14H10F4O2. The molecule has 6 heteroatoms. The first kappa shape index (κ1) is 14.2. The summed E-state index contributed by atoms with van der Waals surface area (Å²) in [4.78, 5) is 0. The topological polar surface area (TPSA) is 29.5 Å². The standard InChI is InChI=1S/C14H10F4O2/c1-20-11-5-9(4-10(19)7-11)8-2-3-13(15)12(6-8)14(16,17)18/h2-7,19H,1H3. The van der Waals surface area contributed by atoms with Gasteiger partial charge in [0.2, 0.25) is 0 Å². The maximum atomic E-state index is 13.2. The van der Waals surface area contributed by atoms with E-state index in [4.69, 9.17) is 4.74 Å². The van der Waals surface area contributed by atoms with Crippen LogP contribution in [0.3, 0.4) is 0 Å². The van der Waals surface area contributed by atoms with Gasteiger partial charge in [-0.2, -0.15) is 13.2 Å². The predicted molar refractivity (Wildman–Crippen MR) is 65.1 cm³/mol. The van der Waals surface area contributed by atoms with E-state index < -0.39 is 17.6 Å². The molecule has 2 rings (SSSR count). The minimum Gasteiger partial charge on any atom is -0.508 e. The van der Waals surface area contributed by atoms with Crippen molar-refractivity contribution in [3.05, 3.63) is 47.8 Å². The van der Waals surface area contributed by atoms with Crippen LogP contribution in [0.1, 0.15) is 5.56 Å². The summed E-state index contributed by atoms with van der Waals surface area (Å²) >= 11 is 0. The molecule has 0 aliphatic carbocycles. The number of phenolic OH excluding ortho intramolecular Hbond substituents is 1. The highest BCUT2D eigenvalue weighted by Gasteiger charge is 2.34. The fraction of sp³-hybridized carbons (Fsp3) is 0.143. The van der Waals surface area contributed by atoms with E-state index in [-0.39, 0.29) is 17.1 Å². The molecule has 0 atom stereocenters. The number of benzene rings is 2. The number of rotatable bonds is 2. The third-order valence-corrected chi connectivity index (χ3v) is 2.73. The van der Waals surface area contributed by atoms with Crippen molar-refractivity contribution in [1.82, 2.24) is 0 Å². The summed E-state index contributed by atoms with van der Waals surface area (Å²) in [5.41, 5.74) is -0.919. The Morgan fingerprint density at radius 3 is 2.30 bits per heavy atom. The molecule has 0 radical (unpaired) electrons. The normalized spacial score (nSPS) is 11.4. The highest BCUT2D eigenvalue weighted by Crippen LogP contribution is 2.36. The smallest absolute Gasteiger partial charge is 0.419 e. The molecule has 0 aromatic heterocycles. The lowest BCUT2D eigenvalue weighted by Gasteiger charge is -2.11. The Kier molecular flexibility index (Phi) is 3.57. The van der Waals surface area contributed by atoms with E-state index in [9.17, 15) is 22.7 Å². The summed E-state index contributed by atoms with van der Waals surface area (Å²) in [6, 6.07) is 6.69. The summed E-state index contributed by atoms with van der Waals surface area (Å²) in [6.45, 7) is 0. The number of alkyl halides is 3. The highest BCUT2D eigenvalue weighted by atomic mass is 19.4. The minimum atomic E-state index is -4.78. The zero-order valence-electron chi connectivity index (χ0n) is 10.3. The number of halogens is 4. The third kappa shape index (κ3) is 2.84. The Morgan fingerprint density at radius 2 is 1.70 bits per heavy atom. The molecule has 1 N–H and O–H groups in total. The Hall–Kier alpha value is -2.24. The molecule has 106 valence electrons. The fourth-order valence-electron chi connectivity index (χ4n) is 1.79. The molecule has 2 nitrogen and oxygen atoms in total. The van der Waals surface area contributed by atoms with Crippen LogP contribution in [0.15, 0.2) is 36.4 Å². The second-order valence-electron chi connectivity index (χ2n) is 4.11. The van der Waals surface area contributed by atoms with Gasteiger partial charge in [0.25, 0.3) is 0 Å². The average molecular weight is 286 g/mol. The van der Waals surface area contributed by atoms with Crippen molar-refractivity contribution in [2.24, 2.45) is 0 Å². The lowest BCUT2D eigenvalue weighted by atomic mass is 10.0. The molecule has 0 fully saturated rings. The van der Waals surface area contributed by atoms with Crippen LogP contribution in [0.5, 0.6) is 11.5 Å². The maximum Gasteiger partial charge on any atom is 0.419 e. The van der Waals surface area contributed by atoms with Crippen molar-refractivity contribution in [1.29, 1.82) is 0 Å². The van der Waals surface area contributed by atoms with Crippen molar-refractivity contribution in [3.63, 3.8) is 0 Å². The Morgan fingerprint density at radius 1 is 1.00 bits per heavy atom. The second-order valence-corrected chi connectivity index (χ2v) is 4.11. The lowest BCUT2D eigenvalue weighted by molar-refractivity contribution is -0.139. The van der Waals surface area contributed by atoms with Crippen LogP contribution in [-0.2, 0) is 6.18 Å². The van der Waals surface area contributed by atoms with Crippen molar-refractivity contribution >= 4 is 0 Å². The summed E-state index contributed by atoms with van der Waals surface area (Å²) in [7, 11) is 1.37. The molecule has 0 bridgehead atoms. The van der Waals surface area contributed by atoms with Crippen LogP contribution < -0.4 is 4.74 Å². The number of methoxy groups -OCH3 is 1. The van der Waals surface area contributed by atoms with Gasteiger partial charge in [-0.05, 0) is 35.4 Å². The van der Waals surface area contributed by atoms with Crippen LogP contribution in [0.2, 0.25) is 0 Å². The molecule has 0 aliphatic rings. The minimum absolute atomic E-state index is 0.132. The van der Waals surface area contributed by atoms with Gasteiger partial charge in [0.15, 0.2) is 0 Å². The molecular weight excluding hydrogens is 276 g/mol. The van der Waals surface area contributed by atoms with E-state index in [1.54, 1.807) is 0 Å². The lowest BCUT2D eigenvalue weighted by Crippen LogP contribution is -2.08. The van der Waals surface area contributed by atoms with Gasteiger partial charge in [-0.1, -0.05) is 6.07 Å². The Balaban J connectivity index is 2.56. The number of hydrogen-bond acceptors (Lipinski definition) is 2. The van der Waals surface area contributed by atoms with Crippen molar-refractivity contribution in [2.75, 3.05) is 7.11 Å². The second kappa shape index (κ2) is 5.03. The molecule has 2 aromatic carbocycles. The van der Waals surface area contributed by atoms with E-state index >= 15 is 0 Å². The van der Waals surface area contributed by atoms with Crippen molar-refractivity contribution in [3.8, 4) is 22.6 Å². The van der Waals surface area contributed by atoms with Crippen LogP contribution in [-0.4, -0.2) is 12.2 Å². The molecule has 0 saturated heterocycles. The summed E-state index contributed by atoms with van der Waals surface area (Å²) < 4.78 is 56.1. The zero-order chi connectivity index (χ0) is 14.9. The van der Waals surface area contributed by atoms with E-state index in [1.165, 1.54) is 31.4 Å². The van der Waals surface area contributed by atoms with Crippen molar-refractivity contribution in [2.45, 2.75) is 6.18 Å². The maximum absolute atomic E-state index is 13.2. The molecule has 0 aliphatic heterocycles. The van der Waals surface area contributed by atoms with Gasteiger partial charge >= 0.3 is 6.18 Å². The van der Waals surface area contributed by atoms with E-state index in [2.05, 4.69) is 0 Å². The molecule has 0 amide bonds. The molecule has 0 unspecified atom stereocenters. The molecule has 2 aromatic rings. The zero-order valence-corrected chi connectivity index (χ0v) is 10.3. The quantitative estimate of drug-likeness (QED) is 0.837. The first-order valence-corrected chi connectivity index (χ1v) is 5.56. The summed E-state index contributed by atoms with van der Waals surface area (Å²) in [6.07, 6.45) is -4.78. The SMILES string of the molecule is COc1cc(O)cc(-c2ccc(F)c(C(F)(F)F)c2)c1. The first-order valence-electron chi connectivity index (χ1n) is 5.56. The van der Waals surface area contributed by atoms with Gasteiger partial charge in [-0.15, -0.1) is 0 Å². The fourth-order valence-corrected chi connectivity index (χ4v) is 1.79.